The molecule has 0 spiro atoms. The molecule has 0 amide bonds. The minimum atomic E-state index is -3.64. The van der Waals surface area contributed by atoms with E-state index in [2.05, 4.69) is 25.6 Å². The van der Waals surface area contributed by atoms with Gasteiger partial charge in [0.15, 0.2) is 0 Å². The molecule has 7 heteroatoms. The van der Waals surface area contributed by atoms with E-state index in [-0.39, 0.29) is 15.4 Å². The predicted molar refractivity (Wildman–Crippen MR) is 81.7 cm³/mol. The molecule has 1 atom stereocenters. The molecule has 1 aromatic rings. The number of sulfonamides is 1. The van der Waals surface area contributed by atoms with Gasteiger partial charge in [0.1, 0.15) is 5.82 Å². The number of nitrogens with one attached hydrogen (secondary N) is 1. The smallest absolute Gasteiger partial charge is 0.241 e. The summed E-state index contributed by atoms with van der Waals surface area (Å²) in [6.45, 7) is 8.07. The van der Waals surface area contributed by atoms with E-state index in [0.717, 1.165) is 25.2 Å². The number of halogens is 2. The molecule has 0 saturated carbocycles. The van der Waals surface area contributed by atoms with Crippen molar-refractivity contribution in [2.24, 2.45) is 0 Å². The van der Waals surface area contributed by atoms with Gasteiger partial charge in [-0.2, -0.15) is 0 Å². The summed E-state index contributed by atoms with van der Waals surface area (Å²) in [5, 5.41) is 0. The molecule has 0 saturated heterocycles. The largest absolute Gasteiger partial charge is 0.300 e. The second-order valence-electron chi connectivity index (χ2n) is 4.50. The monoisotopic (exact) mass is 366 g/mol. The average Bonchev–Trinajstić information content (AvgIpc) is 2.37. The maximum Gasteiger partial charge on any atom is 0.241 e. The van der Waals surface area contributed by atoms with Crippen molar-refractivity contribution in [2.75, 3.05) is 19.6 Å². The molecular weight excluding hydrogens is 347 g/mol. The zero-order valence-corrected chi connectivity index (χ0v) is 14.3. The normalized spacial score (nSPS) is 13.7. The molecule has 0 aliphatic carbocycles. The summed E-state index contributed by atoms with van der Waals surface area (Å²) in [5.74, 6) is -0.479. The third kappa shape index (κ3) is 4.51. The molecule has 1 unspecified atom stereocenters. The topological polar surface area (TPSA) is 49.4 Å². The summed E-state index contributed by atoms with van der Waals surface area (Å²) in [7, 11) is -3.64. The van der Waals surface area contributed by atoms with Crippen molar-refractivity contribution in [3.05, 3.63) is 28.5 Å². The van der Waals surface area contributed by atoms with Crippen molar-refractivity contribution in [1.29, 1.82) is 0 Å². The molecule has 0 heterocycles. The maximum absolute atomic E-state index is 13.0. The number of rotatable bonds is 7. The van der Waals surface area contributed by atoms with E-state index in [1.165, 1.54) is 6.07 Å². The predicted octanol–water partition coefficient (Wildman–Crippen LogP) is 2.60. The molecule has 0 aromatic heterocycles. The van der Waals surface area contributed by atoms with Gasteiger partial charge in [-0.3, -0.25) is 4.90 Å². The summed E-state index contributed by atoms with van der Waals surface area (Å²) in [4.78, 5) is 2.20. The molecule has 0 radical (unpaired) electrons. The second kappa shape index (κ2) is 7.49. The Balaban J connectivity index is 2.80. The fraction of sp³-hybridized carbons (Fsp3) is 0.538. The fourth-order valence-corrected chi connectivity index (χ4v) is 4.15. The Morgan fingerprint density at radius 1 is 1.35 bits per heavy atom. The molecule has 1 N–H and O–H groups in total. The van der Waals surface area contributed by atoms with Gasteiger partial charge in [-0.15, -0.1) is 0 Å². The number of hydrogen-bond donors (Lipinski definition) is 1. The zero-order chi connectivity index (χ0) is 15.3. The van der Waals surface area contributed by atoms with Gasteiger partial charge >= 0.3 is 0 Å². The van der Waals surface area contributed by atoms with Gasteiger partial charge in [-0.25, -0.2) is 17.5 Å². The van der Waals surface area contributed by atoms with Crippen LogP contribution in [0.1, 0.15) is 20.8 Å². The molecule has 114 valence electrons. The van der Waals surface area contributed by atoms with Crippen LogP contribution in [0.5, 0.6) is 0 Å². The summed E-state index contributed by atoms with van der Waals surface area (Å²) in [6, 6.07) is 3.62. The quantitative estimate of drug-likeness (QED) is 0.806. The van der Waals surface area contributed by atoms with Crippen molar-refractivity contribution in [3.8, 4) is 0 Å². The first-order chi connectivity index (χ1) is 9.31. The Morgan fingerprint density at radius 2 is 1.95 bits per heavy atom. The van der Waals surface area contributed by atoms with Crippen molar-refractivity contribution in [2.45, 2.75) is 31.7 Å². The molecule has 0 bridgehead atoms. The van der Waals surface area contributed by atoms with Crippen LogP contribution in [0.25, 0.3) is 0 Å². The van der Waals surface area contributed by atoms with E-state index in [1.807, 2.05) is 20.8 Å². The Bertz CT molecular complexity index is 547. The van der Waals surface area contributed by atoms with Crippen LogP contribution in [0.3, 0.4) is 0 Å². The summed E-state index contributed by atoms with van der Waals surface area (Å²) in [5.41, 5.74) is 0. The molecule has 20 heavy (non-hydrogen) atoms. The first-order valence-corrected chi connectivity index (χ1v) is 8.78. The number of benzene rings is 1. The van der Waals surface area contributed by atoms with E-state index in [9.17, 15) is 12.8 Å². The molecule has 0 aliphatic heterocycles. The highest BCUT2D eigenvalue weighted by Gasteiger charge is 2.20. The van der Waals surface area contributed by atoms with Gasteiger partial charge in [0.25, 0.3) is 0 Å². The summed E-state index contributed by atoms with van der Waals surface area (Å²) >= 11 is 3.08. The van der Waals surface area contributed by atoms with Gasteiger partial charge < -0.3 is 0 Å². The van der Waals surface area contributed by atoms with Crippen molar-refractivity contribution < 1.29 is 12.8 Å². The molecule has 0 fully saturated rings. The standard InChI is InChI=1S/C13H20BrFN2O2S/c1-4-17(5-2)10(3)9-16-20(18,19)13-7-6-11(15)8-12(13)14/h6-8,10,16H,4-5,9H2,1-3H3. The molecule has 1 rings (SSSR count). The highest BCUT2D eigenvalue weighted by molar-refractivity contribution is 9.10. The third-order valence-electron chi connectivity index (χ3n) is 3.19. The van der Waals surface area contributed by atoms with Crippen LogP contribution in [-0.2, 0) is 10.0 Å². The van der Waals surface area contributed by atoms with Crippen LogP contribution in [0.15, 0.2) is 27.6 Å². The zero-order valence-electron chi connectivity index (χ0n) is 11.9. The van der Waals surface area contributed by atoms with Crippen molar-refractivity contribution >= 4 is 26.0 Å². The fourth-order valence-electron chi connectivity index (χ4n) is 1.98. The van der Waals surface area contributed by atoms with Crippen LogP contribution in [0.4, 0.5) is 4.39 Å². The lowest BCUT2D eigenvalue weighted by Gasteiger charge is -2.26. The lowest BCUT2D eigenvalue weighted by molar-refractivity contribution is 0.232. The Labute approximate surface area is 128 Å². The van der Waals surface area contributed by atoms with Gasteiger partial charge in [0, 0.05) is 17.1 Å². The van der Waals surface area contributed by atoms with Crippen LogP contribution >= 0.6 is 15.9 Å². The van der Waals surface area contributed by atoms with Gasteiger partial charge in [0.05, 0.1) is 4.90 Å². The highest BCUT2D eigenvalue weighted by Crippen LogP contribution is 2.22. The van der Waals surface area contributed by atoms with E-state index in [0.29, 0.717) is 6.54 Å². The number of hydrogen-bond acceptors (Lipinski definition) is 3. The van der Waals surface area contributed by atoms with E-state index >= 15 is 0 Å². The van der Waals surface area contributed by atoms with E-state index < -0.39 is 15.8 Å². The van der Waals surface area contributed by atoms with E-state index in [1.54, 1.807) is 0 Å². The average molecular weight is 367 g/mol. The first kappa shape index (κ1) is 17.6. The molecule has 0 aliphatic rings. The Hall–Kier alpha value is -0.500. The first-order valence-electron chi connectivity index (χ1n) is 6.50. The second-order valence-corrected chi connectivity index (χ2v) is 7.09. The van der Waals surface area contributed by atoms with E-state index in [4.69, 9.17) is 0 Å². The van der Waals surface area contributed by atoms with Crippen LogP contribution in [-0.4, -0.2) is 39.0 Å². The maximum atomic E-state index is 13.0. The van der Waals surface area contributed by atoms with Gasteiger partial charge in [0.2, 0.25) is 10.0 Å². The molecule has 1 aromatic carbocycles. The Kier molecular flexibility index (Phi) is 6.57. The SMILES string of the molecule is CCN(CC)C(C)CNS(=O)(=O)c1ccc(F)cc1Br. The lowest BCUT2D eigenvalue weighted by Crippen LogP contribution is -2.42. The number of nitrogens with zero attached hydrogens (tertiary/aromatic N) is 1. The van der Waals surface area contributed by atoms with Crippen LogP contribution < -0.4 is 4.72 Å². The third-order valence-corrected chi connectivity index (χ3v) is 5.59. The highest BCUT2D eigenvalue weighted by atomic mass is 79.9. The molecule has 4 nitrogen and oxygen atoms in total. The minimum Gasteiger partial charge on any atom is -0.300 e. The van der Waals surface area contributed by atoms with Crippen LogP contribution in [0, 0.1) is 5.82 Å². The Morgan fingerprint density at radius 3 is 2.45 bits per heavy atom. The lowest BCUT2D eigenvalue weighted by atomic mass is 10.3. The number of likely N-dealkylation sites (N-methyl/N-ethyl adjacent to an activating group) is 1. The minimum absolute atomic E-state index is 0.0469. The van der Waals surface area contributed by atoms with Gasteiger partial charge in [-0.1, -0.05) is 13.8 Å². The summed E-state index contributed by atoms with van der Waals surface area (Å²) < 4.78 is 40.2. The summed E-state index contributed by atoms with van der Waals surface area (Å²) in [6.07, 6.45) is 0. The van der Waals surface area contributed by atoms with Crippen molar-refractivity contribution in [1.82, 2.24) is 9.62 Å². The van der Waals surface area contributed by atoms with Crippen molar-refractivity contribution in [3.63, 3.8) is 0 Å². The van der Waals surface area contributed by atoms with Crippen LogP contribution in [0.2, 0.25) is 0 Å². The molecular formula is C13H20BrFN2O2S. The van der Waals surface area contributed by atoms with Gasteiger partial charge in [-0.05, 0) is 54.1 Å².